The zero-order chi connectivity index (χ0) is 11.5. The molecule has 0 bridgehead atoms. The molecule has 0 unspecified atom stereocenters. The van der Waals surface area contributed by atoms with Gasteiger partial charge in [-0.15, -0.1) is 0 Å². The van der Waals surface area contributed by atoms with E-state index in [1.54, 1.807) is 18.2 Å². The highest BCUT2D eigenvalue weighted by molar-refractivity contribution is 9.10. The second-order valence-electron chi connectivity index (χ2n) is 3.31. The van der Waals surface area contributed by atoms with Crippen LogP contribution in [0.1, 0.15) is 12.0 Å². The van der Waals surface area contributed by atoms with Crippen molar-refractivity contribution in [3.63, 3.8) is 0 Å². The maximum atomic E-state index is 11.7. The summed E-state index contributed by atoms with van der Waals surface area (Å²) in [6.07, 6.45) is 0.272. The van der Waals surface area contributed by atoms with Gasteiger partial charge in [0.15, 0.2) is 9.84 Å². The number of hydrogen-bond donors (Lipinski definition) is 1. The summed E-state index contributed by atoms with van der Waals surface area (Å²) in [5.74, 6) is -0.0149. The van der Waals surface area contributed by atoms with E-state index in [2.05, 4.69) is 15.9 Å². The molecule has 0 saturated heterocycles. The minimum Gasteiger partial charge on any atom is -0.396 e. The third-order valence-electron chi connectivity index (χ3n) is 2.07. The van der Waals surface area contributed by atoms with Crippen molar-refractivity contribution in [2.75, 3.05) is 12.4 Å². The molecule has 0 radical (unpaired) electrons. The van der Waals surface area contributed by atoms with Gasteiger partial charge in [-0.1, -0.05) is 22.0 Å². The van der Waals surface area contributed by atoms with Gasteiger partial charge in [0, 0.05) is 11.1 Å². The minimum atomic E-state index is -3.25. The lowest BCUT2D eigenvalue weighted by Crippen LogP contribution is -2.08. The summed E-state index contributed by atoms with van der Waals surface area (Å²) >= 11 is 3.29. The molecule has 5 heteroatoms. The van der Waals surface area contributed by atoms with Crippen molar-refractivity contribution in [1.29, 1.82) is 0 Å². The molecule has 0 saturated carbocycles. The minimum absolute atomic E-state index is 0.0149. The largest absolute Gasteiger partial charge is 0.396 e. The first kappa shape index (κ1) is 12.7. The molecule has 0 aromatic heterocycles. The van der Waals surface area contributed by atoms with Crippen LogP contribution in [-0.4, -0.2) is 25.9 Å². The normalized spacial score (nSPS) is 11.7. The van der Waals surface area contributed by atoms with Crippen LogP contribution in [-0.2, 0) is 9.84 Å². The molecule has 1 aromatic carbocycles. The SMILES string of the molecule is Cc1ccc(S(=O)(=O)CCCO)cc1Br. The van der Waals surface area contributed by atoms with Gasteiger partial charge in [0.2, 0.25) is 0 Å². The van der Waals surface area contributed by atoms with Gasteiger partial charge in [0.25, 0.3) is 0 Å². The number of benzene rings is 1. The molecular formula is C10H13BrO3S. The summed E-state index contributed by atoms with van der Waals surface area (Å²) in [4.78, 5) is 0.299. The van der Waals surface area contributed by atoms with Crippen molar-refractivity contribution >= 4 is 25.8 Å². The van der Waals surface area contributed by atoms with E-state index in [0.29, 0.717) is 4.90 Å². The molecule has 0 fully saturated rings. The number of aryl methyl sites for hydroxylation is 1. The Hall–Kier alpha value is -0.390. The maximum Gasteiger partial charge on any atom is 0.178 e. The fourth-order valence-electron chi connectivity index (χ4n) is 1.14. The topological polar surface area (TPSA) is 54.4 Å². The van der Waals surface area contributed by atoms with Crippen LogP contribution < -0.4 is 0 Å². The molecule has 84 valence electrons. The molecule has 0 aliphatic heterocycles. The Morgan fingerprint density at radius 3 is 2.60 bits per heavy atom. The highest BCUT2D eigenvalue weighted by Gasteiger charge is 2.14. The highest BCUT2D eigenvalue weighted by Crippen LogP contribution is 2.21. The van der Waals surface area contributed by atoms with Crippen LogP contribution in [0.5, 0.6) is 0 Å². The lowest BCUT2D eigenvalue weighted by atomic mass is 10.2. The number of hydrogen-bond acceptors (Lipinski definition) is 3. The average Bonchev–Trinajstić information content (AvgIpc) is 2.19. The van der Waals surface area contributed by atoms with Crippen LogP contribution in [0.25, 0.3) is 0 Å². The van der Waals surface area contributed by atoms with Crippen LogP contribution >= 0.6 is 15.9 Å². The van der Waals surface area contributed by atoms with E-state index < -0.39 is 9.84 Å². The van der Waals surface area contributed by atoms with Crippen LogP contribution in [0.3, 0.4) is 0 Å². The van der Waals surface area contributed by atoms with Crippen molar-refractivity contribution < 1.29 is 13.5 Å². The fraction of sp³-hybridized carbons (Fsp3) is 0.400. The van der Waals surface area contributed by atoms with E-state index in [1.165, 1.54) is 0 Å². The summed E-state index contributed by atoms with van der Waals surface area (Å²) in [6.45, 7) is 1.79. The van der Waals surface area contributed by atoms with Gasteiger partial charge in [0.1, 0.15) is 0 Å². The Balaban J connectivity index is 3.00. The van der Waals surface area contributed by atoms with Gasteiger partial charge in [-0.25, -0.2) is 8.42 Å². The number of halogens is 1. The summed E-state index contributed by atoms with van der Waals surface area (Å²) < 4.78 is 24.2. The molecule has 0 amide bonds. The van der Waals surface area contributed by atoms with Crippen molar-refractivity contribution in [2.45, 2.75) is 18.2 Å². The third-order valence-corrected chi connectivity index (χ3v) is 4.73. The van der Waals surface area contributed by atoms with Gasteiger partial charge < -0.3 is 5.11 Å². The Bertz CT molecular complexity index is 440. The smallest absolute Gasteiger partial charge is 0.178 e. The standard InChI is InChI=1S/C10H13BrO3S/c1-8-3-4-9(7-10(8)11)15(13,14)6-2-5-12/h3-4,7,12H,2,5-6H2,1H3. The first-order chi connectivity index (χ1) is 6.97. The molecule has 15 heavy (non-hydrogen) atoms. The average molecular weight is 293 g/mol. The number of aliphatic hydroxyl groups excluding tert-OH is 1. The van der Waals surface area contributed by atoms with Crippen molar-refractivity contribution in [1.82, 2.24) is 0 Å². The second-order valence-corrected chi connectivity index (χ2v) is 6.27. The Morgan fingerprint density at radius 1 is 1.40 bits per heavy atom. The number of aliphatic hydroxyl groups is 1. The van der Waals surface area contributed by atoms with E-state index in [-0.39, 0.29) is 18.8 Å². The van der Waals surface area contributed by atoms with Gasteiger partial charge in [-0.3, -0.25) is 0 Å². The molecule has 0 spiro atoms. The molecule has 0 atom stereocenters. The Morgan fingerprint density at radius 2 is 2.07 bits per heavy atom. The monoisotopic (exact) mass is 292 g/mol. The van der Waals surface area contributed by atoms with E-state index in [4.69, 9.17) is 5.11 Å². The quantitative estimate of drug-likeness (QED) is 0.922. The zero-order valence-electron chi connectivity index (χ0n) is 8.40. The summed E-state index contributed by atoms with van der Waals surface area (Å²) in [5.41, 5.74) is 0.996. The summed E-state index contributed by atoms with van der Waals surface area (Å²) in [5, 5.41) is 8.60. The first-order valence-electron chi connectivity index (χ1n) is 4.57. The van der Waals surface area contributed by atoms with Crippen molar-refractivity contribution in [2.24, 2.45) is 0 Å². The van der Waals surface area contributed by atoms with Crippen LogP contribution in [0.4, 0.5) is 0 Å². The second kappa shape index (κ2) is 5.09. The molecule has 1 rings (SSSR count). The Labute approximate surface area is 98.2 Å². The van der Waals surface area contributed by atoms with E-state index in [1.807, 2.05) is 6.92 Å². The Kier molecular flexibility index (Phi) is 4.31. The molecular weight excluding hydrogens is 280 g/mol. The molecule has 0 heterocycles. The molecule has 1 aromatic rings. The summed E-state index contributed by atoms with van der Waals surface area (Å²) in [7, 11) is -3.25. The molecule has 1 N–H and O–H groups in total. The highest BCUT2D eigenvalue weighted by atomic mass is 79.9. The lowest BCUT2D eigenvalue weighted by molar-refractivity contribution is 0.295. The molecule has 0 aliphatic carbocycles. The van der Waals surface area contributed by atoms with Crippen LogP contribution in [0.2, 0.25) is 0 Å². The van der Waals surface area contributed by atoms with Gasteiger partial charge in [-0.2, -0.15) is 0 Å². The number of sulfone groups is 1. The third kappa shape index (κ3) is 3.29. The molecule has 0 aliphatic rings. The van der Waals surface area contributed by atoms with Crippen LogP contribution in [0.15, 0.2) is 27.6 Å². The molecule has 3 nitrogen and oxygen atoms in total. The first-order valence-corrected chi connectivity index (χ1v) is 7.01. The van der Waals surface area contributed by atoms with Crippen LogP contribution in [0, 0.1) is 6.92 Å². The number of rotatable bonds is 4. The maximum absolute atomic E-state index is 11.7. The van der Waals surface area contributed by atoms with E-state index in [0.717, 1.165) is 10.0 Å². The van der Waals surface area contributed by atoms with Gasteiger partial charge in [-0.05, 0) is 31.0 Å². The van der Waals surface area contributed by atoms with E-state index >= 15 is 0 Å². The van der Waals surface area contributed by atoms with E-state index in [9.17, 15) is 8.42 Å². The van der Waals surface area contributed by atoms with Crippen molar-refractivity contribution in [3.8, 4) is 0 Å². The van der Waals surface area contributed by atoms with Gasteiger partial charge >= 0.3 is 0 Å². The predicted octanol–water partition coefficient (Wildman–Crippen LogP) is 1.91. The van der Waals surface area contributed by atoms with Crippen molar-refractivity contribution in [3.05, 3.63) is 28.2 Å². The van der Waals surface area contributed by atoms with Gasteiger partial charge in [0.05, 0.1) is 10.6 Å². The lowest BCUT2D eigenvalue weighted by Gasteiger charge is -2.05. The summed E-state index contributed by atoms with van der Waals surface area (Å²) in [6, 6.07) is 4.95. The fourth-order valence-corrected chi connectivity index (χ4v) is 2.99. The zero-order valence-corrected chi connectivity index (χ0v) is 10.8. The predicted molar refractivity (Wildman–Crippen MR) is 62.6 cm³/mol.